The van der Waals surface area contributed by atoms with Gasteiger partial charge in [0.25, 0.3) is 5.91 Å². The Kier molecular flexibility index (Phi) is 21.4. The lowest BCUT2D eigenvalue weighted by atomic mass is 9.90. The van der Waals surface area contributed by atoms with Crippen LogP contribution in [0.1, 0.15) is 156 Å². The molecule has 7 aromatic carbocycles. The lowest BCUT2D eigenvalue weighted by Crippen LogP contribution is -2.56. The van der Waals surface area contributed by atoms with Crippen molar-refractivity contribution in [2.45, 2.75) is 179 Å². The first-order chi connectivity index (χ1) is 56.3. The highest BCUT2D eigenvalue weighted by atomic mass is 19.3. The van der Waals surface area contributed by atoms with Gasteiger partial charge in [0.05, 0.1) is 81.2 Å². The van der Waals surface area contributed by atoms with Gasteiger partial charge in [-0.05, 0) is 189 Å². The molecule has 0 radical (unpaired) electrons. The SMILES string of the molecule is COC(=O)N[C@H](C(=O)N1C[C@@H](COC(F)F)C[C@H]1C1=Nc2ccc3cc4c(cc3c2C1)OCc1cc(-c2cnc(C3CCCC3)[nH]2)ccc1-4)C(C)C.COC(=O)N[C@H](C(=O)N1[C@H](C2=Nc3ccc4cc5c(cc4c3C2)OCc2cc(-c3cnc(C4CCCN4C(=O)[C@H](NC(=O)OC)c4ccccc4)[nH]3)ccc2-5)C[C@@H]2CCC[C@@H]21)C(C)C. The molecular formula is C90H96F2N12O12. The highest BCUT2D eigenvalue weighted by Crippen LogP contribution is 2.50. The molecule has 0 bridgehead atoms. The molecule has 9 aromatic rings. The minimum Gasteiger partial charge on any atom is -0.488 e. The van der Waals surface area contributed by atoms with Gasteiger partial charge in [-0.1, -0.05) is 114 Å². The Hall–Kier alpha value is -11.5. The molecule has 26 heteroatoms. The van der Waals surface area contributed by atoms with Crippen LogP contribution in [-0.2, 0) is 59.4 Å². The van der Waals surface area contributed by atoms with E-state index in [2.05, 4.69) is 114 Å². The molecule has 24 nitrogen and oxygen atoms in total. The molecular weight excluding hydrogens is 1480 g/mol. The van der Waals surface area contributed by atoms with Gasteiger partial charge in [-0.25, -0.2) is 24.4 Å². The number of nitrogens with one attached hydrogen (secondary N) is 5. The average molecular weight is 1580 g/mol. The number of halogens is 2. The molecule has 3 saturated heterocycles. The second kappa shape index (κ2) is 32.3. The first-order valence-electron chi connectivity index (χ1n) is 40.6. The van der Waals surface area contributed by atoms with Crippen LogP contribution in [0.4, 0.5) is 34.5 Å². The maximum Gasteiger partial charge on any atom is 0.407 e. The van der Waals surface area contributed by atoms with Crippen LogP contribution >= 0.6 is 0 Å². The van der Waals surface area contributed by atoms with Crippen molar-refractivity contribution < 1.29 is 66.0 Å². The predicted molar refractivity (Wildman–Crippen MR) is 434 cm³/mol. The third kappa shape index (κ3) is 14.9. The summed E-state index contributed by atoms with van der Waals surface area (Å²) in [5, 5.41) is 12.5. The molecule has 5 N–H and O–H groups in total. The third-order valence-electron chi connectivity index (χ3n) is 25.2. The van der Waals surface area contributed by atoms with Crippen LogP contribution in [0.3, 0.4) is 0 Å². The number of carbonyl (C=O) groups excluding carboxylic acids is 6. The summed E-state index contributed by atoms with van der Waals surface area (Å²) in [4.78, 5) is 111. The summed E-state index contributed by atoms with van der Waals surface area (Å²) in [6, 6.07) is 35.8. The summed E-state index contributed by atoms with van der Waals surface area (Å²) in [7, 11) is 3.85. The van der Waals surface area contributed by atoms with E-state index >= 15 is 0 Å². The highest BCUT2D eigenvalue weighted by Gasteiger charge is 2.51. The molecule has 18 rings (SSSR count). The van der Waals surface area contributed by atoms with Crippen molar-refractivity contribution >= 4 is 80.3 Å². The summed E-state index contributed by atoms with van der Waals surface area (Å²) in [5.74, 6) is 3.10. The number of methoxy groups -OCH3 is 3. The number of benzene rings is 7. The van der Waals surface area contributed by atoms with Gasteiger partial charge in [0.15, 0.2) is 0 Å². The summed E-state index contributed by atoms with van der Waals surface area (Å²) in [6.45, 7) is 6.09. The lowest BCUT2D eigenvalue weighted by molar-refractivity contribution is -0.139. The number of alkyl carbamates (subject to hydrolysis) is 3. The number of carbonyl (C=O) groups is 6. The minimum atomic E-state index is -2.90. The average Bonchev–Trinajstić information content (AvgIpc) is 1.44. The summed E-state index contributed by atoms with van der Waals surface area (Å²) in [6.07, 6.45) is 13.8. The van der Waals surface area contributed by atoms with E-state index in [1.165, 1.54) is 47.0 Å². The maximum atomic E-state index is 14.3. The number of fused-ring (bicyclic) bond motifs is 13. The van der Waals surface area contributed by atoms with Crippen molar-refractivity contribution in [3.8, 4) is 56.3 Å². The van der Waals surface area contributed by atoms with Crippen LogP contribution in [0, 0.1) is 23.7 Å². The van der Waals surface area contributed by atoms with Gasteiger partial charge in [-0.15, -0.1) is 0 Å². The topological polar surface area (TPSA) is 286 Å². The van der Waals surface area contributed by atoms with Crippen LogP contribution < -0.4 is 25.4 Å². The molecule has 9 heterocycles. The Morgan fingerprint density at radius 1 is 0.552 bits per heavy atom. The van der Waals surface area contributed by atoms with Gasteiger partial charge in [0.2, 0.25) is 11.8 Å². The second-order valence-electron chi connectivity index (χ2n) is 32.8. The van der Waals surface area contributed by atoms with Crippen LogP contribution in [0.15, 0.2) is 138 Å². The molecule has 2 aliphatic carbocycles. The van der Waals surface area contributed by atoms with Gasteiger partial charge in [0, 0.05) is 66.4 Å². The van der Waals surface area contributed by atoms with E-state index in [4.69, 9.17) is 43.6 Å². The largest absolute Gasteiger partial charge is 0.488 e. The molecule has 5 fully saturated rings. The molecule has 6 amide bonds. The quantitative estimate of drug-likeness (QED) is 0.0500. The zero-order valence-corrected chi connectivity index (χ0v) is 66.1. The lowest BCUT2D eigenvalue weighted by Gasteiger charge is -2.34. The summed E-state index contributed by atoms with van der Waals surface area (Å²) in [5.41, 5.74) is 16.8. The van der Waals surface area contributed by atoms with Crippen molar-refractivity contribution in [1.29, 1.82) is 0 Å². The van der Waals surface area contributed by atoms with Crippen LogP contribution in [0.25, 0.3) is 66.3 Å². The van der Waals surface area contributed by atoms with Crippen molar-refractivity contribution in [2.75, 3.05) is 41.0 Å². The normalized spacial score (nSPS) is 20.9. The number of aromatic amines is 2. The molecule has 602 valence electrons. The van der Waals surface area contributed by atoms with Crippen molar-refractivity contribution in [1.82, 2.24) is 50.6 Å². The Bertz CT molecular complexity index is 5400. The van der Waals surface area contributed by atoms with Crippen molar-refractivity contribution in [2.24, 2.45) is 33.7 Å². The van der Waals surface area contributed by atoms with E-state index < -0.39 is 49.1 Å². The number of imidazole rings is 2. The number of rotatable bonds is 18. The molecule has 9 atom stereocenters. The van der Waals surface area contributed by atoms with Gasteiger partial charge < -0.3 is 69.0 Å². The highest BCUT2D eigenvalue weighted by molar-refractivity contribution is 6.09. The van der Waals surface area contributed by atoms with Crippen LogP contribution in [0.5, 0.6) is 11.5 Å². The van der Waals surface area contributed by atoms with E-state index in [0.717, 1.165) is 167 Å². The second-order valence-corrected chi connectivity index (χ2v) is 32.8. The molecule has 0 spiro atoms. The first kappa shape index (κ1) is 77.1. The number of amides is 6. The third-order valence-corrected chi connectivity index (χ3v) is 25.2. The molecule has 116 heavy (non-hydrogen) atoms. The summed E-state index contributed by atoms with van der Waals surface area (Å²) < 4.78 is 58.1. The molecule has 9 aliphatic rings. The van der Waals surface area contributed by atoms with Crippen LogP contribution in [-0.4, -0.2) is 160 Å². The number of nitrogens with zero attached hydrogens (tertiary/aromatic N) is 7. The first-order valence-corrected chi connectivity index (χ1v) is 40.6. The number of hydrogen-bond donors (Lipinski definition) is 5. The number of likely N-dealkylation sites (tertiary alicyclic amines) is 3. The standard InChI is InChI=1S/C50H53N7O7.C40H43F2N5O5/c1-27(2)44(54-49(60)62-3)48(59)57-40-13-8-12-31(40)22-42(57)38-23-35-34-24-43-36(21-29(34)16-18-37(35)52-38)33-17-15-30(20-32(33)26-64-43)39-25-51-46(53-39)41-14-9-19-56(41)47(58)45(55-50(61)63-4)28-10-6-5-7-11-28;1-21(2)36(46-40(49)50-3)38(48)47-18-22(19-52-39(41)42)12-34(47)32-15-29-28-16-35-30(14-24(28)9-11-31(29)44-32)27-10-8-25(13-26(27)20-51-35)33-17-43-37(45-33)23-6-4-5-7-23/h5-7,10-11,15-18,20-21,24-25,27,31,40-42,44-45H,8-9,12-14,19,22-23,26H2,1-4H3,(H,51,53)(H,54,60)(H,55,61);8-11,13-14,16-17,21-23,34,36,39H,4-7,12,15,18-20H2,1-3H3,(H,43,45)(H,46,49)/t31-,40-,41?,42-,44-,45+;22-,34-,36-/m00/s1. The Labute approximate surface area is 670 Å². The van der Waals surface area contributed by atoms with E-state index in [9.17, 15) is 37.5 Å². The molecule has 1 unspecified atom stereocenters. The van der Waals surface area contributed by atoms with Crippen LogP contribution in [0.2, 0.25) is 0 Å². The van der Waals surface area contributed by atoms with E-state index in [0.29, 0.717) is 62.2 Å². The molecule has 2 saturated carbocycles. The fourth-order valence-corrected chi connectivity index (χ4v) is 19.4. The zero-order valence-electron chi connectivity index (χ0n) is 66.1. The Morgan fingerprint density at radius 2 is 1.11 bits per heavy atom. The number of hydrogen-bond acceptors (Lipinski definition) is 16. The zero-order chi connectivity index (χ0) is 80.3. The number of aromatic nitrogens is 4. The Morgan fingerprint density at radius 3 is 1.69 bits per heavy atom. The minimum absolute atomic E-state index is 0.0587. The van der Waals surface area contributed by atoms with Gasteiger partial charge in [-0.3, -0.25) is 24.4 Å². The fourth-order valence-electron chi connectivity index (χ4n) is 19.4. The van der Waals surface area contributed by atoms with Gasteiger partial charge in [-0.2, -0.15) is 8.78 Å². The Balaban J connectivity index is 0.000000171. The smallest absolute Gasteiger partial charge is 0.407 e. The molecule has 2 aromatic heterocycles. The van der Waals surface area contributed by atoms with Crippen molar-refractivity contribution in [3.05, 3.63) is 167 Å². The van der Waals surface area contributed by atoms with Gasteiger partial charge in [0.1, 0.15) is 54.5 Å². The maximum absolute atomic E-state index is 14.3. The van der Waals surface area contributed by atoms with E-state index in [-0.39, 0.29) is 66.8 Å². The number of H-pyrrole nitrogens is 2. The summed E-state index contributed by atoms with van der Waals surface area (Å²) >= 11 is 0. The molecule has 7 aliphatic heterocycles. The van der Waals surface area contributed by atoms with E-state index in [1.807, 2.05) is 76.5 Å². The number of alkyl halides is 2. The fraction of sp³-hybridized carbons (Fsp3) is 0.422. The monoisotopic (exact) mass is 1570 g/mol. The van der Waals surface area contributed by atoms with E-state index in [1.54, 1.807) is 9.80 Å². The van der Waals surface area contributed by atoms with Gasteiger partial charge >= 0.3 is 24.9 Å². The number of ether oxygens (including phenoxy) is 6. The van der Waals surface area contributed by atoms with Crippen molar-refractivity contribution in [3.63, 3.8) is 0 Å². The predicted octanol–water partition coefficient (Wildman–Crippen LogP) is 16.2. The number of aliphatic imine (C=N–C) groups is 2.